The summed E-state index contributed by atoms with van der Waals surface area (Å²) in [6.07, 6.45) is -4.27. The van der Waals surface area contributed by atoms with Gasteiger partial charge in [0.2, 0.25) is 5.95 Å². The minimum atomic E-state index is -4.85. The highest BCUT2D eigenvalue weighted by atomic mass is 19.4. The zero-order chi connectivity index (χ0) is 22.6. The third kappa shape index (κ3) is 5.35. The molecule has 0 aliphatic heterocycles. The Balaban J connectivity index is 1.73. The number of aromatic nitrogens is 2. The van der Waals surface area contributed by atoms with E-state index in [0.29, 0.717) is 18.4 Å². The molecular formula is C18H16F5N5O3. The number of nitrogens with one attached hydrogen (secondary N) is 3. The topological polar surface area (TPSA) is 105 Å². The van der Waals surface area contributed by atoms with Crippen LogP contribution in [0.4, 0.5) is 27.9 Å². The minimum absolute atomic E-state index is 0.0367. The molecule has 1 fully saturated rings. The summed E-state index contributed by atoms with van der Waals surface area (Å²) in [5.41, 5.74) is 2.58. The van der Waals surface area contributed by atoms with Gasteiger partial charge in [0, 0.05) is 18.0 Å². The molecule has 0 spiro atoms. The number of alkyl halides is 5. The van der Waals surface area contributed by atoms with Crippen LogP contribution in [0.25, 0.3) is 0 Å². The molecule has 166 valence electrons. The van der Waals surface area contributed by atoms with E-state index in [2.05, 4.69) is 20.0 Å². The second kappa shape index (κ2) is 8.70. The highest BCUT2D eigenvalue weighted by Gasteiger charge is 2.43. The monoisotopic (exact) mass is 445 g/mol. The van der Waals surface area contributed by atoms with Crippen molar-refractivity contribution in [3.8, 4) is 5.75 Å². The van der Waals surface area contributed by atoms with Crippen molar-refractivity contribution in [3.63, 3.8) is 0 Å². The van der Waals surface area contributed by atoms with Crippen LogP contribution in [0.5, 0.6) is 5.75 Å². The molecule has 0 atom stereocenters. The average Bonchev–Trinajstić information content (AvgIpc) is 2.68. The summed E-state index contributed by atoms with van der Waals surface area (Å²) >= 11 is 0. The van der Waals surface area contributed by atoms with E-state index in [1.165, 1.54) is 23.6 Å². The SMILES string of the molecule is O=C(NNC(=O)C(F)F)c1cnc(NC2(c3ccccc3OC(F)(F)F)CCC2)nc1. The lowest BCUT2D eigenvalue weighted by Crippen LogP contribution is -2.44. The molecule has 2 amide bonds. The predicted octanol–water partition coefficient (Wildman–Crippen LogP) is 2.89. The number of hydrazine groups is 1. The lowest BCUT2D eigenvalue weighted by molar-refractivity contribution is -0.275. The van der Waals surface area contributed by atoms with Gasteiger partial charge in [-0.1, -0.05) is 18.2 Å². The molecule has 3 rings (SSSR count). The maximum Gasteiger partial charge on any atom is 0.573 e. The Morgan fingerprint density at radius 2 is 1.71 bits per heavy atom. The number of para-hydroxylation sites is 1. The van der Waals surface area contributed by atoms with Crippen LogP contribution in [0.15, 0.2) is 36.7 Å². The van der Waals surface area contributed by atoms with Crippen molar-refractivity contribution in [1.82, 2.24) is 20.8 Å². The normalized spacial score (nSPS) is 15.0. The first-order chi connectivity index (χ1) is 14.6. The van der Waals surface area contributed by atoms with Crippen LogP contribution in [0.3, 0.4) is 0 Å². The fourth-order valence-electron chi connectivity index (χ4n) is 3.04. The summed E-state index contributed by atoms with van der Waals surface area (Å²) < 4.78 is 66.7. The molecule has 1 aromatic carbocycles. The lowest BCUT2D eigenvalue weighted by Gasteiger charge is -2.43. The number of rotatable bonds is 6. The summed E-state index contributed by atoms with van der Waals surface area (Å²) in [4.78, 5) is 30.5. The standard InChI is InChI=1S/C18H16F5N5O3/c19-13(20)15(30)28-27-14(29)10-8-24-16(25-9-10)26-17(6-3-7-17)11-4-1-2-5-12(11)31-18(21,22)23/h1-2,4-5,8-9,13H,3,6-7H2,(H,27,29)(H,28,30)(H,24,25,26). The van der Waals surface area contributed by atoms with Crippen molar-refractivity contribution in [2.75, 3.05) is 5.32 Å². The van der Waals surface area contributed by atoms with Crippen LogP contribution in [-0.4, -0.2) is 34.6 Å². The summed E-state index contributed by atoms with van der Waals surface area (Å²) in [5, 5.41) is 3.00. The quantitative estimate of drug-likeness (QED) is 0.467. The number of carbonyl (C=O) groups is 2. The third-order valence-electron chi connectivity index (χ3n) is 4.60. The Morgan fingerprint density at radius 3 is 2.26 bits per heavy atom. The summed E-state index contributed by atoms with van der Waals surface area (Å²) in [6.45, 7) is 0. The zero-order valence-electron chi connectivity index (χ0n) is 15.7. The molecule has 1 aliphatic carbocycles. The Labute approximate surface area is 172 Å². The fourth-order valence-corrected chi connectivity index (χ4v) is 3.04. The number of hydrogen-bond donors (Lipinski definition) is 3. The second-order valence-corrected chi connectivity index (χ2v) is 6.64. The molecular weight excluding hydrogens is 429 g/mol. The Bertz CT molecular complexity index is 948. The lowest BCUT2D eigenvalue weighted by atomic mass is 9.71. The van der Waals surface area contributed by atoms with E-state index in [1.807, 2.05) is 0 Å². The summed E-state index contributed by atoms with van der Waals surface area (Å²) in [5.74, 6) is -2.91. The first-order valence-electron chi connectivity index (χ1n) is 8.93. The predicted molar refractivity (Wildman–Crippen MR) is 95.9 cm³/mol. The van der Waals surface area contributed by atoms with E-state index < -0.39 is 30.1 Å². The van der Waals surface area contributed by atoms with E-state index in [0.717, 1.165) is 18.8 Å². The number of halogens is 5. The second-order valence-electron chi connectivity index (χ2n) is 6.64. The van der Waals surface area contributed by atoms with Crippen LogP contribution in [0.2, 0.25) is 0 Å². The fraction of sp³-hybridized carbons (Fsp3) is 0.333. The van der Waals surface area contributed by atoms with E-state index in [-0.39, 0.29) is 17.3 Å². The van der Waals surface area contributed by atoms with Gasteiger partial charge in [0.15, 0.2) is 0 Å². The number of nitrogens with zero attached hydrogens (tertiary/aromatic N) is 2. The molecule has 1 aromatic heterocycles. The molecule has 0 bridgehead atoms. The maximum absolute atomic E-state index is 12.8. The van der Waals surface area contributed by atoms with Crippen molar-refractivity contribution in [1.29, 1.82) is 0 Å². The molecule has 2 aromatic rings. The summed E-state index contributed by atoms with van der Waals surface area (Å²) in [6, 6.07) is 5.74. The van der Waals surface area contributed by atoms with Gasteiger partial charge >= 0.3 is 18.7 Å². The number of benzene rings is 1. The number of ether oxygens (including phenoxy) is 1. The molecule has 1 saturated carbocycles. The number of anilines is 1. The van der Waals surface area contributed by atoms with Gasteiger partial charge in [0.1, 0.15) is 5.75 Å². The van der Waals surface area contributed by atoms with Gasteiger partial charge in [0.05, 0.1) is 11.1 Å². The molecule has 0 saturated heterocycles. The molecule has 8 nitrogen and oxygen atoms in total. The van der Waals surface area contributed by atoms with Crippen molar-refractivity contribution < 1.29 is 36.3 Å². The molecule has 1 aliphatic rings. The van der Waals surface area contributed by atoms with Crippen LogP contribution in [-0.2, 0) is 10.3 Å². The number of hydrogen-bond acceptors (Lipinski definition) is 6. The van der Waals surface area contributed by atoms with Crippen molar-refractivity contribution in [2.24, 2.45) is 0 Å². The number of carbonyl (C=O) groups excluding carboxylic acids is 2. The van der Waals surface area contributed by atoms with Crippen LogP contribution in [0.1, 0.15) is 35.2 Å². The van der Waals surface area contributed by atoms with Gasteiger partial charge in [0.25, 0.3) is 5.91 Å². The summed E-state index contributed by atoms with van der Waals surface area (Å²) in [7, 11) is 0. The van der Waals surface area contributed by atoms with Crippen LogP contribution >= 0.6 is 0 Å². The maximum atomic E-state index is 12.8. The van der Waals surface area contributed by atoms with Crippen molar-refractivity contribution in [3.05, 3.63) is 47.8 Å². The highest BCUT2D eigenvalue weighted by Crippen LogP contribution is 2.47. The van der Waals surface area contributed by atoms with Gasteiger partial charge in [-0.3, -0.25) is 20.4 Å². The van der Waals surface area contributed by atoms with E-state index in [1.54, 1.807) is 11.5 Å². The largest absolute Gasteiger partial charge is 0.573 e. The first-order valence-corrected chi connectivity index (χ1v) is 8.93. The Morgan fingerprint density at radius 1 is 1.06 bits per heavy atom. The molecule has 1 heterocycles. The third-order valence-corrected chi connectivity index (χ3v) is 4.60. The number of amides is 2. The molecule has 0 unspecified atom stereocenters. The molecule has 31 heavy (non-hydrogen) atoms. The first kappa shape index (κ1) is 22.2. The molecule has 13 heteroatoms. The minimum Gasteiger partial charge on any atom is -0.405 e. The average molecular weight is 445 g/mol. The van der Waals surface area contributed by atoms with Crippen molar-refractivity contribution in [2.45, 2.75) is 37.6 Å². The van der Waals surface area contributed by atoms with Gasteiger partial charge < -0.3 is 10.1 Å². The van der Waals surface area contributed by atoms with Crippen LogP contribution < -0.4 is 20.9 Å². The van der Waals surface area contributed by atoms with Crippen molar-refractivity contribution >= 4 is 17.8 Å². The van der Waals surface area contributed by atoms with Crippen LogP contribution in [0, 0.1) is 0 Å². The van der Waals surface area contributed by atoms with E-state index >= 15 is 0 Å². The van der Waals surface area contributed by atoms with Gasteiger partial charge in [-0.15, -0.1) is 13.2 Å². The van der Waals surface area contributed by atoms with E-state index in [9.17, 15) is 31.5 Å². The van der Waals surface area contributed by atoms with Gasteiger partial charge in [-0.25, -0.2) is 9.97 Å². The highest BCUT2D eigenvalue weighted by molar-refractivity contribution is 5.95. The molecule has 0 radical (unpaired) electrons. The zero-order valence-corrected chi connectivity index (χ0v) is 15.7. The Kier molecular flexibility index (Phi) is 6.22. The molecule has 3 N–H and O–H groups in total. The smallest absolute Gasteiger partial charge is 0.405 e. The van der Waals surface area contributed by atoms with E-state index in [4.69, 9.17) is 0 Å². The Hall–Kier alpha value is -3.51. The van der Waals surface area contributed by atoms with Gasteiger partial charge in [-0.05, 0) is 25.3 Å². The van der Waals surface area contributed by atoms with Gasteiger partial charge in [-0.2, -0.15) is 8.78 Å².